The van der Waals surface area contributed by atoms with E-state index >= 15 is 0 Å². The van der Waals surface area contributed by atoms with Crippen molar-refractivity contribution in [1.29, 1.82) is 0 Å². The van der Waals surface area contributed by atoms with Crippen LogP contribution in [0.3, 0.4) is 0 Å². The van der Waals surface area contributed by atoms with Crippen molar-refractivity contribution in [3.63, 3.8) is 0 Å². The molecule has 0 radical (unpaired) electrons. The van der Waals surface area contributed by atoms with Gasteiger partial charge in [0.1, 0.15) is 4.11 Å². The van der Waals surface area contributed by atoms with E-state index < -0.39 is 0 Å². The summed E-state index contributed by atoms with van der Waals surface area (Å²) in [6.07, 6.45) is 8.05. The summed E-state index contributed by atoms with van der Waals surface area (Å²) in [7, 11) is 0. The smallest absolute Gasteiger partial charge is 0.106 e. The van der Waals surface area contributed by atoms with Crippen molar-refractivity contribution in [2.24, 2.45) is 0 Å². The van der Waals surface area contributed by atoms with Gasteiger partial charge in [-0.25, -0.2) is 0 Å². The standard InChI is InChI=1S/C16H23IO/c1-13(17)18-12-11-14-7-9-16(10-8-14)15-5-3-2-4-6-15/h7-10,13,15H,2-6,11-12H2,1H3. The van der Waals surface area contributed by atoms with Gasteiger partial charge in [-0.05, 0) is 43.2 Å². The second kappa shape index (κ2) is 7.49. The molecule has 1 fully saturated rings. The molecule has 1 nitrogen and oxygen atoms in total. The van der Waals surface area contributed by atoms with Crippen LogP contribution in [0, 0.1) is 0 Å². The van der Waals surface area contributed by atoms with Crippen molar-refractivity contribution < 1.29 is 4.74 Å². The fourth-order valence-electron chi connectivity index (χ4n) is 2.73. The second-order valence-corrected chi connectivity index (χ2v) is 6.99. The molecule has 0 aliphatic heterocycles. The van der Waals surface area contributed by atoms with Gasteiger partial charge in [-0.15, -0.1) is 0 Å². The van der Waals surface area contributed by atoms with E-state index in [1.54, 1.807) is 5.56 Å². The molecule has 0 saturated heterocycles. The van der Waals surface area contributed by atoms with Crippen molar-refractivity contribution in [3.05, 3.63) is 35.4 Å². The summed E-state index contributed by atoms with van der Waals surface area (Å²) in [5, 5.41) is 0. The highest BCUT2D eigenvalue weighted by molar-refractivity contribution is 14.1. The van der Waals surface area contributed by atoms with Gasteiger partial charge in [0.15, 0.2) is 0 Å². The molecule has 0 N–H and O–H groups in total. The van der Waals surface area contributed by atoms with Gasteiger partial charge in [0.05, 0.1) is 6.61 Å². The summed E-state index contributed by atoms with van der Waals surface area (Å²) in [5.41, 5.74) is 2.94. The first-order valence-electron chi connectivity index (χ1n) is 7.10. The fraction of sp³-hybridized carbons (Fsp3) is 0.625. The van der Waals surface area contributed by atoms with Crippen molar-refractivity contribution in [1.82, 2.24) is 0 Å². The molecule has 1 saturated carbocycles. The third kappa shape index (κ3) is 4.54. The molecule has 1 aliphatic rings. The Morgan fingerprint density at radius 3 is 2.44 bits per heavy atom. The summed E-state index contributed by atoms with van der Waals surface area (Å²) in [4.78, 5) is 0. The van der Waals surface area contributed by atoms with Crippen molar-refractivity contribution in [2.75, 3.05) is 6.61 Å². The zero-order valence-corrected chi connectivity index (χ0v) is 13.4. The number of benzene rings is 1. The van der Waals surface area contributed by atoms with Crippen LogP contribution < -0.4 is 0 Å². The molecule has 1 aromatic rings. The van der Waals surface area contributed by atoms with Crippen LogP contribution >= 0.6 is 22.6 Å². The summed E-state index contributed by atoms with van der Waals surface area (Å²) in [6, 6.07) is 9.23. The quantitative estimate of drug-likeness (QED) is 0.527. The Balaban J connectivity index is 1.84. The fourth-order valence-corrected chi connectivity index (χ4v) is 2.99. The van der Waals surface area contributed by atoms with Crippen LogP contribution in [-0.2, 0) is 11.2 Å². The molecule has 0 spiro atoms. The maximum Gasteiger partial charge on any atom is 0.106 e. The first-order chi connectivity index (χ1) is 8.75. The monoisotopic (exact) mass is 358 g/mol. The second-order valence-electron chi connectivity index (χ2n) is 5.24. The van der Waals surface area contributed by atoms with E-state index in [-0.39, 0.29) is 0 Å². The maximum absolute atomic E-state index is 5.58. The number of halogens is 1. The van der Waals surface area contributed by atoms with E-state index in [1.165, 1.54) is 37.7 Å². The largest absolute Gasteiger partial charge is 0.368 e. The third-order valence-corrected chi connectivity index (χ3v) is 4.15. The van der Waals surface area contributed by atoms with Gasteiger partial charge in [0.2, 0.25) is 0 Å². The Kier molecular flexibility index (Phi) is 5.96. The van der Waals surface area contributed by atoms with Crippen LogP contribution in [0.4, 0.5) is 0 Å². The molecule has 0 bridgehead atoms. The molecule has 1 aromatic carbocycles. The van der Waals surface area contributed by atoms with Gasteiger partial charge < -0.3 is 4.74 Å². The zero-order valence-electron chi connectivity index (χ0n) is 11.2. The van der Waals surface area contributed by atoms with Crippen LogP contribution in [0.1, 0.15) is 56.1 Å². The van der Waals surface area contributed by atoms with Gasteiger partial charge in [-0.3, -0.25) is 0 Å². The third-order valence-electron chi connectivity index (χ3n) is 3.79. The zero-order chi connectivity index (χ0) is 12.8. The maximum atomic E-state index is 5.58. The molecule has 0 amide bonds. The molecule has 0 heterocycles. The van der Waals surface area contributed by atoms with Crippen molar-refractivity contribution in [3.8, 4) is 0 Å². The van der Waals surface area contributed by atoms with Gasteiger partial charge in [0, 0.05) is 0 Å². The van der Waals surface area contributed by atoms with Gasteiger partial charge in [0.25, 0.3) is 0 Å². The lowest BCUT2D eigenvalue weighted by Crippen LogP contribution is -2.05. The normalized spacial score (nSPS) is 18.8. The number of rotatable bonds is 5. The molecule has 100 valence electrons. The van der Waals surface area contributed by atoms with Gasteiger partial charge in [-0.2, -0.15) is 0 Å². The highest BCUT2D eigenvalue weighted by Crippen LogP contribution is 2.32. The predicted octanol–water partition coefficient (Wildman–Crippen LogP) is 5.07. The van der Waals surface area contributed by atoms with E-state index in [9.17, 15) is 0 Å². The van der Waals surface area contributed by atoms with Crippen LogP contribution in [0.2, 0.25) is 0 Å². The number of alkyl halides is 1. The minimum Gasteiger partial charge on any atom is -0.368 e. The molecule has 2 heteroatoms. The lowest BCUT2D eigenvalue weighted by Gasteiger charge is -2.22. The van der Waals surface area contributed by atoms with E-state index in [0.29, 0.717) is 4.11 Å². The molecule has 1 aliphatic carbocycles. The summed E-state index contributed by atoms with van der Waals surface area (Å²) >= 11 is 2.30. The van der Waals surface area contributed by atoms with Gasteiger partial charge >= 0.3 is 0 Å². The summed E-state index contributed by atoms with van der Waals surface area (Å²) in [5.74, 6) is 0.818. The number of hydrogen-bond donors (Lipinski definition) is 0. The number of hydrogen-bond acceptors (Lipinski definition) is 1. The van der Waals surface area contributed by atoms with E-state index in [0.717, 1.165) is 18.9 Å². The molecular weight excluding hydrogens is 335 g/mol. The Labute approximate surface area is 124 Å². The first kappa shape index (κ1) is 14.3. The minimum atomic E-state index is 0.309. The Bertz CT molecular complexity index is 339. The lowest BCUT2D eigenvalue weighted by atomic mass is 9.84. The van der Waals surface area contributed by atoms with Crippen LogP contribution in [0.15, 0.2) is 24.3 Å². The van der Waals surface area contributed by atoms with Gasteiger partial charge in [-0.1, -0.05) is 66.1 Å². The highest BCUT2D eigenvalue weighted by Gasteiger charge is 2.14. The van der Waals surface area contributed by atoms with E-state index in [4.69, 9.17) is 4.74 Å². The molecule has 1 atom stereocenters. The van der Waals surface area contributed by atoms with Crippen LogP contribution in [0.25, 0.3) is 0 Å². The molecule has 2 rings (SSSR count). The Hall–Kier alpha value is -0.0900. The summed E-state index contributed by atoms with van der Waals surface area (Å²) in [6.45, 7) is 2.90. The van der Waals surface area contributed by atoms with Crippen LogP contribution in [0.5, 0.6) is 0 Å². The van der Waals surface area contributed by atoms with Crippen molar-refractivity contribution >= 4 is 22.6 Å². The molecule has 1 unspecified atom stereocenters. The molecule has 0 aromatic heterocycles. The van der Waals surface area contributed by atoms with Crippen molar-refractivity contribution in [2.45, 2.75) is 55.5 Å². The number of ether oxygens (including phenoxy) is 1. The average molecular weight is 358 g/mol. The minimum absolute atomic E-state index is 0.309. The first-order valence-corrected chi connectivity index (χ1v) is 8.35. The average Bonchev–Trinajstić information content (AvgIpc) is 2.40. The van der Waals surface area contributed by atoms with E-state index in [2.05, 4.69) is 53.8 Å². The molecule has 18 heavy (non-hydrogen) atoms. The lowest BCUT2D eigenvalue weighted by molar-refractivity contribution is 0.137. The summed E-state index contributed by atoms with van der Waals surface area (Å²) < 4.78 is 5.89. The topological polar surface area (TPSA) is 9.23 Å². The Morgan fingerprint density at radius 1 is 1.17 bits per heavy atom. The SMILES string of the molecule is CC(I)OCCc1ccc(C2CCCCC2)cc1. The molecular formula is C16H23IO. The van der Waals surface area contributed by atoms with E-state index in [1.807, 2.05) is 0 Å². The highest BCUT2D eigenvalue weighted by atomic mass is 127. The van der Waals surface area contributed by atoms with Crippen LogP contribution in [-0.4, -0.2) is 10.7 Å². The Morgan fingerprint density at radius 2 is 1.83 bits per heavy atom. The predicted molar refractivity (Wildman–Crippen MR) is 85.4 cm³/mol.